The van der Waals surface area contributed by atoms with Gasteiger partial charge >= 0.3 is 0 Å². The van der Waals surface area contributed by atoms with Crippen molar-refractivity contribution in [2.75, 3.05) is 12.4 Å². The molecule has 0 radical (unpaired) electrons. The highest BCUT2D eigenvalue weighted by atomic mass is 16.5. The largest absolute Gasteiger partial charge is 0.496 e. The third-order valence-electron chi connectivity index (χ3n) is 2.00. The Morgan fingerprint density at radius 2 is 2.21 bits per heavy atom. The number of aryl methyl sites for hydroxylation is 1. The Hall–Kier alpha value is -1.51. The first kappa shape index (κ1) is 10.6. The highest BCUT2D eigenvalue weighted by Crippen LogP contribution is 2.21. The average Bonchev–Trinajstić information content (AvgIpc) is 2.18. The van der Waals surface area contributed by atoms with E-state index in [9.17, 15) is 4.79 Å². The molecule has 76 valence electrons. The Bertz CT molecular complexity index is 334. The number of anilines is 1. The van der Waals surface area contributed by atoms with E-state index in [1.165, 1.54) is 0 Å². The van der Waals surface area contributed by atoms with Gasteiger partial charge in [-0.15, -0.1) is 0 Å². The smallest absolute Gasteiger partial charge is 0.224 e. The van der Waals surface area contributed by atoms with E-state index >= 15 is 0 Å². The molecule has 0 bridgehead atoms. The molecule has 0 fully saturated rings. The lowest BCUT2D eigenvalue weighted by atomic mass is 10.2. The maximum atomic E-state index is 11.1. The number of benzene rings is 1. The summed E-state index contributed by atoms with van der Waals surface area (Å²) in [5, 5.41) is 2.79. The molecule has 0 aromatic heterocycles. The normalized spacial score (nSPS) is 9.64. The van der Waals surface area contributed by atoms with Crippen LogP contribution >= 0.6 is 0 Å². The lowest BCUT2D eigenvalue weighted by Crippen LogP contribution is -2.09. The Morgan fingerprint density at radius 3 is 2.71 bits per heavy atom. The molecule has 0 atom stereocenters. The molecular weight excluding hydrogens is 178 g/mol. The number of amides is 1. The van der Waals surface area contributed by atoms with E-state index in [-0.39, 0.29) is 5.91 Å². The summed E-state index contributed by atoms with van der Waals surface area (Å²) in [5.41, 5.74) is 1.83. The summed E-state index contributed by atoms with van der Waals surface area (Å²) >= 11 is 0. The van der Waals surface area contributed by atoms with Gasteiger partial charge in [-0.2, -0.15) is 0 Å². The highest BCUT2D eigenvalue weighted by molar-refractivity contribution is 5.90. The SMILES string of the molecule is CCC(=O)Nc1ccc(OC)c(C)c1. The van der Waals surface area contributed by atoms with Gasteiger partial charge < -0.3 is 10.1 Å². The Labute approximate surface area is 84.1 Å². The van der Waals surface area contributed by atoms with Crippen LogP contribution in [-0.2, 0) is 4.79 Å². The molecule has 0 saturated heterocycles. The zero-order chi connectivity index (χ0) is 10.6. The van der Waals surface area contributed by atoms with Crippen LogP contribution in [0.3, 0.4) is 0 Å². The summed E-state index contributed by atoms with van der Waals surface area (Å²) in [6.45, 7) is 3.77. The van der Waals surface area contributed by atoms with Gasteiger partial charge in [0.2, 0.25) is 5.91 Å². The summed E-state index contributed by atoms with van der Waals surface area (Å²) in [6, 6.07) is 5.58. The monoisotopic (exact) mass is 193 g/mol. The third-order valence-corrected chi connectivity index (χ3v) is 2.00. The Balaban J connectivity index is 2.81. The molecule has 0 aliphatic carbocycles. The Kier molecular flexibility index (Phi) is 3.51. The predicted molar refractivity (Wildman–Crippen MR) is 56.7 cm³/mol. The van der Waals surface area contributed by atoms with Crippen molar-refractivity contribution < 1.29 is 9.53 Å². The van der Waals surface area contributed by atoms with Crippen LogP contribution in [-0.4, -0.2) is 13.0 Å². The van der Waals surface area contributed by atoms with Gasteiger partial charge in [-0.3, -0.25) is 4.79 Å². The molecule has 0 aliphatic rings. The van der Waals surface area contributed by atoms with Gasteiger partial charge in [0, 0.05) is 12.1 Å². The molecule has 1 aromatic rings. The van der Waals surface area contributed by atoms with Crippen LogP contribution in [0.25, 0.3) is 0 Å². The molecule has 0 heterocycles. The molecular formula is C11H15NO2. The highest BCUT2D eigenvalue weighted by Gasteiger charge is 2.01. The number of nitrogens with one attached hydrogen (secondary N) is 1. The van der Waals surface area contributed by atoms with Crippen LogP contribution in [0.15, 0.2) is 18.2 Å². The number of hydrogen-bond donors (Lipinski definition) is 1. The van der Waals surface area contributed by atoms with E-state index in [1.807, 2.05) is 32.0 Å². The van der Waals surface area contributed by atoms with E-state index in [0.717, 1.165) is 17.0 Å². The van der Waals surface area contributed by atoms with Crippen molar-refractivity contribution in [2.45, 2.75) is 20.3 Å². The van der Waals surface area contributed by atoms with Crippen molar-refractivity contribution in [1.29, 1.82) is 0 Å². The molecule has 0 saturated carbocycles. The molecule has 1 N–H and O–H groups in total. The summed E-state index contributed by atoms with van der Waals surface area (Å²) in [5.74, 6) is 0.856. The van der Waals surface area contributed by atoms with Crippen LogP contribution in [0, 0.1) is 6.92 Å². The molecule has 1 amide bonds. The second-order valence-electron chi connectivity index (χ2n) is 3.09. The lowest BCUT2D eigenvalue weighted by Gasteiger charge is -2.07. The number of ether oxygens (including phenoxy) is 1. The first-order valence-corrected chi connectivity index (χ1v) is 4.62. The van der Waals surface area contributed by atoms with Gasteiger partial charge in [0.15, 0.2) is 0 Å². The minimum atomic E-state index is 0.0227. The van der Waals surface area contributed by atoms with Gasteiger partial charge in [-0.1, -0.05) is 6.92 Å². The van der Waals surface area contributed by atoms with Gasteiger partial charge in [-0.25, -0.2) is 0 Å². The van der Waals surface area contributed by atoms with Crippen LogP contribution < -0.4 is 10.1 Å². The topological polar surface area (TPSA) is 38.3 Å². The molecule has 3 nitrogen and oxygen atoms in total. The van der Waals surface area contributed by atoms with Crippen molar-refractivity contribution >= 4 is 11.6 Å². The van der Waals surface area contributed by atoms with E-state index < -0.39 is 0 Å². The fourth-order valence-corrected chi connectivity index (χ4v) is 1.21. The second kappa shape index (κ2) is 4.65. The number of hydrogen-bond acceptors (Lipinski definition) is 2. The minimum Gasteiger partial charge on any atom is -0.496 e. The number of carbonyl (C=O) groups is 1. The first-order chi connectivity index (χ1) is 6.67. The van der Waals surface area contributed by atoms with Gasteiger partial charge in [-0.05, 0) is 30.7 Å². The fraction of sp³-hybridized carbons (Fsp3) is 0.364. The van der Waals surface area contributed by atoms with Crippen LogP contribution in [0.4, 0.5) is 5.69 Å². The second-order valence-corrected chi connectivity index (χ2v) is 3.09. The molecule has 14 heavy (non-hydrogen) atoms. The number of carbonyl (C=O) groups excluding carboxylic acids is 1. The van der Waals surface area contributed by atoms with Crippen molar-refractivity contribution in [3.63, 3.8) is 0 Å². The van der Waals surface area contributed by atoms with Crippen LogP contribution in [0.5, 0.6) is 5.75 Å². The first-order valence-electron chi connectivity index (χ1n) is 4.62. The predicted octanol–water partition coefficient (Wildman–Crippen LogP) is 2.35. The van der Waals surface area contributed by atoms with E-state index in [1.54, 1.807) is 7.11 Å². The van der Waals surface area contributed by atoms with Crippen molar-refractivity contribution in [1.82, 2.24) is 0 Å². The summed E-state index contributed by atoms with van der Waals surface area (Å²) in [6.07, 6.45) is 0.491. The fourth-order valence-electron chi connectivity index (χ4n) is 1.21. The van der Waals surface area contributed by atoms with Gasteiger partial charge in [0.05, 0.1) is 7.11 Å². The minimum absolute atomic E-state index is 0.0227. The average molecular weight is 193 g/mol. The standard InChI is InChI=1S/C11H15NO2/c1-4-11(13)12-9-5-6-10(14-3)8(2)7-9/h5-7H,4H2,1-3H3,(H,12,13). The maximum absolute atomic E-state index is 11.1. The summed E-state index contributed by atoms with van der Waals surface area (Å²) in [4.78, 5) is 11.1. The maximum Gasteiger partial charge on any atom is 0.224 e. The molecule has 0 spiro atoms. The molecule has 1 rings (SSSR count). The van der Waals surface area contributed by atoms with Gasteiger partial charge in [0.25, 0.3) is 0 Å². The lowest BCUT2D eigenvalue weighted by molar-refractivity contribution is -0.115. The molecule has 1 aromatic carbocycles. The van der Waals surface area contributed by atoms with E-state index in [4.69, 9.17) is 4.74 Å². The van der Waals surface area contributed by atoms with Crippen molar-refractivity contribution in [3.05, 3.63) is 23.8 Å². The van der Waals surface area contributed by atoms with E-state index in [2.05, 4.69) is 5.32 Å². The summed E-state index contributed by atoms with van der Waals surface area (Å²) in [7, 11) is 1.63. The number of rotatable bonds is 3. The third kappa shape index (κ3) is 2.49. The molecule has 3 heteroatoms. The van der Waals surface area contributed by atoms with Crippen LogP contribution in [0.1, 0.15) is 18.9 Å². The quantitative estimate of drug-likeness (QED) is 0.800. The molecule has 0 aliphatic heterocycles. The zero-order valence-corrected chi connectivity index (χ0v) is 8.76. The van der Waals surface area contributed by atoms with Gasteiger partial charge in [0.1, 0.15) is 5.75 Å². The summed E-state index contributed by atoms with van der Waals surface area (Å²) < 4.78 is 5.12. The zero-order valence-electron chi connectivity index (χ0n) is 8.76. The van der Waals surface area contributed by atoms with E-state index in [0.29, 0.717) is 6.42 Å². The van der Waals surface area contributed by atoms with Crippen molar-refractivity contribution in [3.8, 4) is 5.75 Å². The number of methoxy groups -OCH3 is 1. The van der Waals surface area contributed by atoms with Crippen LogP contribution in [0.2, 0.25) is 0 Å². The van der Waals surface area contributed by atoms with Crippen molar-refractivity contribution in [2.24, 2.45) is 0 Å². The molecule has 0 unspecified atom stereocenters. The Morgan fingerprint density at radius 1 is 1.50 bits per heavy atom.